The number of rotatable bonds is 9. The van der Waals surface area contributed by atoms with Gasteiger partial charge in [0.2, 0.25) is 0 Å². The normalized spacial score (nSPS) is 11.2. The molecule has 5 nitrogen and oxygen atoms in total. The predicted octanol–water partition coefficient (Wildman–Crippen LogP) is 1.96. The Bertz CT molecular complexity index is 734. The summed E-state index contributed by atoms with van der Waals surface area (Å²) >= 11 is 0. The van der Waals surface area contributed by atoms with Gasteiger partial charge in [-0.25, -0.2) is 4.68 Å². The summed E-state index contributed by atoms with van der Waals surface area (Å²) in [5, 5.41) is 7.96. The van der Waals surface area contributed by atoms with Crippen molar-refractivity contribution in [3.05, 3.63) is 46.8 Å². The second-order valence-corrected chi connectivity index (χ2v) is 7.18. The number of benzene rings is 1. The molecule has 26 heavy (non-hydrogen) atoms. The van der Waals surface area contributed by atoms with E-state index in [1.807, 2.05) is 16.8 Å². The van der Waals surface area contributed by atoms with Crippen molar-refractivity contribution in [3.63, 3.8) is 0 Å². The molecule has 2 rings (SSSR count). The molecular weight excluding hydrogens is 324 g/mol. The Labute approximate surface area is 157 Å². The summed E-state index contributed by atoms with van der Waals surface area (Å²) in [4.78, 5) is 14.3. The molecule has 1 heterocycles. The fourth-order valence-electron chi connectivity index (χ4n) is 3.16. The lowest BCUT2D eigenvalue weighted by molar-refractivity contribution is -0.856. The third-order valence-electron chi connectivity index (χ3n) is 4.51. The summed E-state index contributed by atoms with van der Waals surface area (Å²) in [7, 11) is 4.18. The first-order chi connectivity index (χ1) is 12.5. The summed E-state index contributed by atoms with van der Waals surface area (Å²) in [6.45, 7) is 7.94. The molecule has 142 valence electrons. The van der Waals surface area contributed by atoms with Crippen LogP contribution in [-0.4, -0.2) is 42.9 Å². The van der Waals surface area contributed by atoms with Gasteiger partial charge in [-0.3, -0.25) is 4.79 Å². The monoisotopic (exact) mass is 357 g/mol. The number of amides is 1. The van der Waals surface area contributed by atoms with E-state index in [1.165, 1.54) is 10.5 Å². The molecule has 0 aliphatic heterocycles. The number of quaternary nitrogens is 1. The van der Waals surface area contributed by atoms with Crippen LogP contribution in [-0.2, 0) is 12.8 Å². The molecule has 1 aromatic heterocycles. The maximum Gasteiger partial charge on any atom is 0.255 e. The van der Waals surface area contributed by atoms with Gasteiger partial charge in [0.15, 0.2) is 0 Å². The average molecular weight is 358 g/mol. The number of likely N-dealkylation sites (N-methyl/N-ethyl adjacent to an activating group) is 1. The van der Waals surface area contributed by atoms with Crippen LogP contribution in [0.25, 0.3) is 5.69 Å². The van der Waals surface area contributed by atoms with Crippen LogP contribution < -0.4 is 10.2 Å². The number of carbonyl (C=O) groups is 1. The van der Waals surface area contributed by atoms with Crippen molar-refractivity contribution in [1.82, 2.24) is 15.1 Å². The number of para-hydroxylation sites is 1. The predicted molar refractivity (Wildman–Crippen MR) is 106 cm³/mol. The number of hydrogen-bond acceptors (Lipinski definition) is 2. The summed E-state index contributed by atoms with van der Waals surface area (Å²) in [5.41, 5.74) is 4.95. The highest BCUT2D eigenvalue weighted by Gasteiger charge is 2.24. The zero-order valence-electron chi connectivity index (χ0n) is 16.9. The van der Waals surface area contributed by atoms with Crippen molar-refractivity contribution >= 4 is 5.91 Å². The quantitative estimate of drug-likeness (QED) is 0.721. The second-order valence-electron chi connectivity index (χ2n) is 7.18. The highest BCUT2D eigenvalue weighted by molar-refractivity contribution is 5.96. The van der Waals surface area contributed by atoms with Crippen molar-refractivity contribution in [3.8, 4) is 5.69 Å². The molecule has 0 bridgehead atoms. The number of aryl methyl sites for hydroxylation is 2. The topological polar surface area (TPSA) is 51.4 Å². The maximum atomic E-state index is 13.0. The van der Waals surface area contributed by atoms with Gasteiger partial charge >= 0.3 is 0 Å². The highest BCUT2D eigenvalue weighted by atomic mass is 16.1. The average Bonchev–Trinajstić information content (AvgIpc) is 2.93. The van der Waals surface area contributed by atoms with E-state index in [9.17, 15) is 4.79 Å². The Morgan fingerprint density at radius 1 is 1.15 bits per heavy atom. The van der Waals surface area contributed by atoms with E-state index < -0.39 is 0 Å². The van der Waals surface area contributed by atoms with Gasteiger partial charge in [0.1, 0.15) is 0 Å². The van der Waals surface area contributed by atoms with Gasteiger partial charge in [-0.15, -0.1) is 0 Å². The Hall–Kier alpha value is -2.14. The Morgan fingerprint density at radius 3 is 2.46 bits per heavy atom. The second kappa shape index (κ2) is 9.53. The Kier molecular flexibility index (Phi) is 7.39. The third kappa shape index (κ3) is 4.73. The first kappa shape index (κ1) is 20.2. The van der Waals surface area contributed by atoms with Gasteiger partial charge < -0.3 is 10.2 Å². The van der Waals surface area contributed by atoms with Crippen molar-refractivity contribution in [2.45, 2.75) is 46.5 Å². The fourth-order valence-corrected chi connectivity index (χ4v) is 3.16. The molecule has 0 radical (unpaired) electrons. The van der Waals surface area contributed by atoms with E-state index in [0.717, 1.165) is 54.9 Å². The number of aromatic nitrogens is 2. The van der Waals surface area contributed by atoms with E-state index in [2.05, 4.69) is 52.3 Å². The zero-order chi connectivity index (χ0) is 19.1. The van der Waals surface area contributed by atoms with Crippen molar-refractivity contribution in [1.29, 1.82) is 0 Å². The molecule has 0 aliphatic rings. The van der Waals surface area contributed by atoms with Crippen molar-refractivity contribution in [2.75, 3.05) is 27.2 Å². The van der Waals surface area contributed by atoms with Crippen LogP contribution in [0.2, 0.25) is 0 Å². The van der Waals surface area contributed by atoms with E-state index in [0.29, 0.717) is 6.54 Å². The van der Waals surface area contributed by atoms with Crippen LogP contribution in [0.15, 0.2) is 24.3 Å². The minimum absolute atomic E-state index is 0.0120. The third-order valence-corrected chi connectivity index (χ3v) is 4.51. The van der Waals surface area contributed by atoms with Crippen LogP contribution in [0.4, 0.5) is 0 Å². The van der Waals surface area contributed by atoms with E-state index >= 15 is 0 Å². The van der Waals surface area contributed by atoms with Gasteiger partial charge in [-0.05, 0) is 31.4 Å². The number of nitrogens with one attached hydrogen (secondary N) is 2. The molecule has 0 saturated heterocycles. The number of hydrogen-bond donors (Lipinski definition) is 2. The molecule has 2 N–H and O–H groups in total. The van der Waals surface area contributed by atoms with E-state index in [-0.39, 0.29) is 5.91 Å². The van der Waals surface area contributed by atoms with Gasteiger partial charge in [0.25, 0.3) is 5.91 Å². The molecule has 0 saturated carbocycles. The molecule has 0 spiro atoms. The van der Waals surface area contributed by atoms with Crippen molar-refractivity contribution < 1.29 is 9.69 Å². The van der Waals surface area contributed by atoms with Crippen LogP contribution >= 0.6 is 0 Å². The van der Waals surface area contributed by atoms with Crippen LogP contribution in [0, 0.1) is 6.92 Å². The molecule has 0 unspecified atom stereocenters. The molecule has 0 aliphatic carbocycles. The molecule has 5 heteroatoms. The van der Waals surface area contributed by atoms with Crippen LogP contribution in [0.3, 0.4) is 0 Å². The van der Waals surface area contributed by atoms with Gasteiger partial charge in [0.05, 0.1) is 49.8 Å². The van der Waals surface area contributed by atoms with Gasteiger partial charge in [-0.2, -0.15) is 5.10 Å². The minimum Gasteiger partial charge on any atom is -0.346 e. The van der Waals surface area contributed by atoms with Crippen LogP contribution in [0.1, 0.15) is 54.0 Å². The standard InChI is InChI=1S/C21H32N4O/c1-6-10-17-20(21(26)22-14-15-24(4)5)19(11-7-2)25(23-17)18-13-9-8-12-16(18)3/h8-9,12-13H,6-7,10-11,14-15H2,1-5H3,(H,22,26)/p+1. The highest BCUT2D eigenvalue weighted by Crippen LogP contribution is 2.23. The first-order valence-electron chi connectivity index (χ1n) is 9.73. The largest absolute Gasteiger partial charge is 0.346 e. The number of carbonyl (C=O) groups excluding carboxylic acids is 1. The lowest BCUT2D eigenvalue weighted by atomic mass is 10.1. The smallest absolute Gasteiger partial charge is 0.255 e. The SMILES string of the molecule is CCCc1nn(-c2ccccc2C)c(CCC)c1C(=O)NCC[NH+](C)C. The summed E-state index contributed by atoms with van der Waals surface area (Å²) < 4.78 is 2.00. The summed E-state index contributed by atoms with van der Waals surface area (Å²) in [6, 6.07) is 8.23. The maximum absolute atomic E-state index is 13.0. The summed E-state index contributed by atoms with van der Waals surface area (Å²) in [6.07, 6.45) is 3.60. The van der Waals surface area contributed by atoms with Crippen molar-refractivity contribution in [2.24, 2.45) is 0 Å². The molecule has 0 atom stereocenters. The molecular formula is C21H33N4O+. The van der Waals surface area contributed by atoms with Crippen LogP contribution in [0.5, 0.6) is 0 Å². The Morgan fingerprint density at radius 2 is 1.85 bits per heavy atom. The van der Waals surface area contributed by atoms with E-state index in [1.54, 1.807) is 0 Å². The molecule has 2 aromatic rings. The van der Waals surface area contributed by atoms with Gasteiger partial charge in [0, 0.05) is 0 Å². The number of nitrogens with zero attached hydrogens (tertiary/aromatic N) is 2. The lowest BCUT2D eigenvalue weighted by Crippen LogP contribution is -3.06. The van der Waals surface area contributed by atoms with E-state index in [4.69, 9.17) is 5.10 Å². The molecule has 1 amide bonds. The summed E-state index contributed by atoms with van der Waals surface area (Å²) in [5.74, 6) is 0.0120. The van der Waals surface area contributed by atoms with Gasteiger partial charge in [-0.1, -0.05) is 44.9 Å². The minimum atomic E-state index is 0.0120. The molecule has 0 fully saturated rings. The first-order valence-corrected chi connectivity index (χ1v) is 9.73. The lowest BCUT2D eigenvalue weighted by Gasteiger charge is -2.12. The Balaban J connectivity index is 2.47. The molecule has 1 aromatic carbocycles. The zero-order valence-corrected chi connectivity index (χ0v) is 16.9. The fraction of sp³-hybridized carbons (Fsp3) is 0.524.